The molecule has 1 fully saturated rings. The van der Waals surface area contributed by atoms with Crippen LogP contribution in [0.15, 0.2) is 18.2 Å². The van der Waals surface area contributed by atoms with Crippen molar-refractivity contribution in [3.63, 3.8) is 0 Å². The fourth-order valence-electron chi connectivity index (χ4n) is 3.39. The smallest absolute Gasteiger partial charge is 0.250 e. The van der Waals surface area contributed by atoms with E-state index in [9.17, 15) is 4.79 Å². The molecule has 0 spiro atoms. The standard InChI is InChI=1S/C16H24N2O2/c1-10-7-11(9-16(2,3)8-10)20-13-6-4-5-12(14(13)17)15(18)19/h4-6,10-11H,7-9,17H2,1-3H3,(H2,18,19). The van der Waals surface area contributed by atoms with Crippen LogP contribution in [0.2, 0.25) is 0 Å². The van der Waals surface area contributed by atoms with Gasteiger partial charge in [0.1, 0.15) is 5.75 Å². The lowest BCUT2D eigenvalue weighted by Gasteiger charge is -2.39. The Labute approximate surface area is 120 Å². The quantitative estimate of drug-likeness (QED) is 0.833. The molecule has 4 heteroatoms. The maximum Gasteiger partial charge on any atom is 0.250 e. The average molecular weight is 276 g/mol. The number of rotatable bonds is 3. The van der Waals surface area contributed by atoms with E-state index in [-0.39, 0.29) is 11.5 Å². The molecule has 1 aliphatic carbocycles. The highest BCUT2D eigenvalue weighted by Crippen LogP contribution is 2.40. The molecule has 1 saturated carbocycles. The first-order chi connectivity index (χ1) is 9.28. The van der Waals surface area contributed by atoms with Gasteiger partial charge in [-0.3, -0.25) is 4.79 Å². The Morgan fingerprint density at radius 1 is 1.35 bits per heavy atom. The number of ether oxygens (including phenoxy) is 1. The van der Waals surface area contributed by atoms with Crippen molar-refractivity contribution in [1.82, 2.24) is 0 Å². The van der Waals surface area contributed by atoms with Gasteiger partial charge in [0.05, 0.1) is 17.4 Å². The third-order valence-electron chi connectivity index (χ3n) is 3.97. The lowest BCUT2D eigenvalue weighted by atomic mass is 9.71. The molecule has 0 radical (unpaired) electrons. The minimum atomic E-state index is -0.523. The summed E-state index contributed by atoms with van der Waals surface area (Å²) < 4.78 is 6.05. The number of carbonyl (C=O) groups excluding carboxylic acids is 1. The van der Waals surface area contributed by atoms with Crippen molar-refractivity contribution in [2.45, 2.75) is 46.1 Å². The monoisotopic (exact) mass is 276 g/mol. The Balaban J connectivity index is 2.18. The largest absolute Gasteiger partial charge is 0.488 e. The topological polar surface area (TPSA) is 78.3 Å². The van der Waals surface area contributed by atoms with Gasteiger partial charge in [0, 0.05) is 0 Å². The second kappa shape index (κ2) is 5.35. The van der Waals surface area contributed by atoms with Gasteiger partial charge >= 0.3 is 0 Å². The van der Waals surface area contributed by atoms with Gasteiger partial charge in [0.2, 0.25) is 0 Å². The molecular weight excluding hydrogens is 252 g/mol. The fraction of sp³-hybridized carbons (Fsp3) is 0.562. The van der Waals surface area contributed by atoms with Crippen LogP contribution in [0.25, 0.3) is 0 Å². The Hall–Kier alpha value is -1.71. The number of hydrogen-bond acceptors (Lipinski definition) is 3. The van der Waals surface area contributed by atoms with E-state index in [1.807, 2.05) is 0 Å². The van der Waals surface area contributed by atoms with Gasteiger partial charge in [-0.05, 0) is 42.7 Å². The Morgan fingerprint density at radius 3 is 2.65 bits per heavy atom. The van der Waals surface area contributed by atoms with E-state index in [1.54, 1.807) is 18.2 Å². The molecular formula is C16H24N2O2. The molecule has 20 heavy (non-hydrogen) atoms. The first-order valence-electron chi connectivity index (χ1n) is 7.13. The summed E-state index contributed by atoms with van der Waals surface area (Å²) in [5, 5.41) is 0. The number of hydrogen-bond donors (Lipinski definition) is 2. The molecule has 2 rings (SSSR count). The van der Waals surface area contributed by atoms with E-state index < -0.39 is 5.91 Å². The van der Waals surface area contributed by atoms with Crippen molar-refractivity contribution in [2.24, 2.45) is 17.1 Å². The van der Waals surface area contributed by atoms with Gasteiger partial charge in [0.15, 0.2) is 0 Å². The summed E-state index contributed by atoms with van der Waals surface area (Å²) in [6.45, 7) is 6.78. The maximum absolute atomic E-state index is 11.3. The van der Waals surface area contributed by atoms with E-state index in [0.717, 1.165) is 12.8 Å². The van der Waals surface area contributed by atoms with Crippen molar-refractivity contribution >= 4 is 11.6 Å². The van der Waals surface area contributed by atoms with Crippen LogP contribution in [0.5, 0.6) is 5.75 Å². The minimum Gasteiger partial charge on any atom is -0.488 e. The van der Waals surface area contributed by atoms with Gasteiger partial charge in [-0.1, -0.05) is 26.8 Å². The lowest BCUT2D eigenvalue weighted by Crippen LogP contribution is -2.34. The first kappa shape index (κ1) is 14.7. The zero-order chi connectivity index (χ0) is 14.9. The first-order valence-corrected chi connectivity index (χ1v) is 7.13. The molecule has 4 nitrogen and oxygen atoms in total. The molecule has 0 saturated heterocycles. The van der Waals surface area contributed by atoms with E-state index in [0.29, 0.717) is 22.9 Å². The molecule has 1 aromatic rings. The SMILES string of the molecule is CC1CC(Oc2cccc(C(N)=O)c2N)CC(C)(C)C1. The van der Waals surface area contributed by atoms with Crippen molar-refractivity contribution < 1.29 is 9.53 Å². The number of carbonyl (C=O) groups is 1. The highest BCUT2D eigenvalue weighted by Gasteiger charge is 2.33. The summed E-state index contributed by atoms with van der Waals surface area (Å²) in [7, 11) is 0. The molecule has 2 atom stereocenters. The second-order valence-electron chi connectivity index (χ2n) is 6.73. The van der Waals surface area contributed by atoms with Crippen LogP contribution in [0.4, 0.5) is 5.69 Å². The highest BCUT2D eigenvalue weighted by molar-refractivity contribution is 5.99. The Kier molecular flexibility index (Phi) is 3.93. The van der Waals surface area contributed by atoms with Crippen LogP contribution >= 0.6 is 0 Å². The molecule has 0 heterocycles. The minimum absolute atomic E-state index is 0.138. The summed E-state index contributed by atoms with van der Waals surface area (Å²) in [5.41, 5.74) is 12.2. The summed E-state index contributed by atoms with van der Waals surface area (Å²) in [6.07, 6.45) is 3.37. The van der Waals surface area contributed by atoms with E-state index in [2.05, 4.69) is 20.8 Å². The fourth-order valence-corrected chi connectivity index (χ4v) is 3.39. The van der Waals surface area contributed by atoms with Crippen LogP contribution in [0.1, 0.15) is 50.4 Å². The van der Waals surface area contributed by atoms with Crippen molar-refractivity contribution in [3.8, 4) is 5.75 Å². The zero-order valence-corrected chi connectivity index (χ0v) is 12.5. The third-order valence-corrected chi connectivity index (χ3v) is 3.97. The number of para-hydroxylation sites is 1. The Bertz CT molecular complexity index is 511. The van der Waals surface area contributed by atoms with Crippen LogP contribution in [-0.4, -0.2) is 12.0 Å². The number of benzene rings is 1. The van der Waals surface area contributed by atoms with Crippen LogP contribution in [0, 0.1) is 11.3 Å². The molecule has 0 aromatic heterocycles. The lowest BCUT2D eigenvalue weighted by molar-refractivity contribution is 0.0566. The average Bonchev–Trinajstić information content (AvgIpc) is 2.28. The van der Waals surface area contributed by atoms with E-state index in [1.165, 1.54) is 6.42 Å². The van der Waals surface area contributed by atoms with Crippen LogP contribution in [0.3, 0.4) is 0 Å². The molecule has 1 aromatic carbocycles. The van der Waals surface area contributed by atoms with Crippen molar-refractivity contribution in [1.29, 1.82) is 0 Å². The van der Waals surface area contributed by atoms with E-state index >= 15 is 0 Å². The zero-order valence-electron chi connectivity index (χ0n) is 12.5. The molecule has 1 aliphatic rings. The predicted molar refractivity (Wildman–Crippen MR) is 80.6 cm³/mol. The van der Waals surface area contributed by atoms with E-state index in [4.69, 9.17) is 16.2 Å². The highest BCUT2D eigenvalue weighted by atomic mass is 16.5. The molecule has 2 unspecified atom stereocenters. The summed E-state index contributed by atoms with van der Waals surface area (Å²) in [6, 6.07) is 5.18. The number of nitrogens with two attached hydrogens (primary N) is 2. The van der Waals surface area contributed by atoms with Gasteiger partial charge in [0.25, 0.3) is 5.91 Å². The van der Waals surface area contributed by atoms with Gasteiger partial charge in [-0.15, -0.1) is 0 Å². The van der Waals surface area contributed by atoms with Gasteiger partial charge in [-0.25, -0.2) is 0 Å². The molecule has 1 amide bonds. The van der Waals surface area contributed by atoms with Crippen LogP contribution < -0.4 is 16.2 Å². The third kappa shape index (κ3) is 3.24. The second-order valence-corrected chi connectivity index (χ2v) is 6.73. The predicted octanol–water partition coefficient (Wildman–Crippen LogP) is 2.96. The number of nitrogen functional groups attached to an aromatic ring is 1. The number of primary amides is 1. The van der Waals surface area contributed by atoms with Crippen LogP contribution in [-0.2, 0) is 0 Å². The molecule has 0 bridgehead atoms. The summed E-state index contributed by atoms with van der Waals surface area (Å²) >= 11 is 0. The van der Waals surface area contributed by atoms with Crippen molar-refractivity contribution in [2.75, 3.05) is 5.73 Å². The van der Waals surface area contributed by atoms with Gasteiger partial charge < -0.3 is 16.2 Å². The Morgan fingerprint density at radius 2 is 2.05 bits per heavy atom. The maximum atomic E-state index is 11.3. The molecule has 110 valence electrons. The van der Waals surface area contributed by atoms with Crippen molar-refractivity contribution in [3.05, 3.63) is 23.8 Å². The normalized spacial score (nSPS) is 25.1. The summed E-state index contributed by atoms with van der Waals surface area (Å²) in [4.78, 5) is 11.3. The number of amides is 1. The molecule has 0 aliphatic heterocycles. The van der Waals surface area contributed by atoms with Gasteiger partial charge in [-0.2, -0.15) is 0 Å². The molecule has 4 N–H and O–H groups in total. The summed E-state index contributed by atoms with van der Waals surface area (Å²) in [5.74, 6) is 0.672. The number of anilines is 1.